The van der Waals surface area contributed by atoms with Crippen LogP contribution in [0.2, 0.25) is 0 Å². The van der Waals surface area contributed by atoms with Gasteiger partial charge in [-0.1, -0.05) is 141 Å². The second-order valence-electron chi connectivity index (χ2n) is 15.9. The molecule has 0 spiro atoms. The molecule has 10 heteroatoms. The van der Waals surface area contributed by atoms with Crippen molar-refractivity contribution in [2.24, 2.45) is 0 Å². The van der Waals surface area contributed by atoms with Crippen LogP contribution in [0.3, 0.4) is 0 Å². The number of hydrogen-bond acceptors (Lipinski definition) is 3. The molecule has 1 aliphatic rings. The van der Waals surface area contributed by atoms with E-state index in [0.717, 1.165) is 60.7 Å². The monoisotopic (exact) mass is 725 g/mol. The lowest BCUT2D eigenvalue weighted by atomic mass is 9.64. The maximum Gasteiger partial charge on any atom is 0.143 e. The van der Waals surface area contributed by atoms with Crippen molar-refractivity contribution in [1.29, 1.82) is 0 Å². The van der Waals surface area contributed by atoms with Gasteiger partial charge < -0.3 is 13.7 Å². The third-order valence-electron chi connectivity index (χ3n) is 12.9. The number of fused-ring (bicyclic) bond motifs is 6. The predicted octanol–water partition coefficient (Wildman–Crippen LogP) is 2.90. The van der Waals surface area contributed by atoms with Crippen molar-refractivity contribution in [2.75, 3.05) is 4.90 Å². The minimum atomic E-state index is 0.0422. The fourth-order valence-corrected chi connectivity index (χ4v) is 9.75. The quantitative estimate of drug-likeness (QED) is 0.248. The van der Waals surface area contributed by atoms with E-state index >= 15 is 0 Å². The molecule has 0 fully saturated rings. The molecule has 2 aromatic heterocycles. The zero-order chi connectivity index (χ0) is 39.1. The maximum atomic E-state index is 6.48. The number of furan rings is 2. The predicted molar refractivity (Wildman–Crippen MR) is 263 cm³/mol. The highest BCUT2D eigenvalue weighted by atomic mass is 16.3. The van der Waals surface area contributed by atoms with Gasteiger partial charge in [-0.3, -0.25) is 0 Å². The van der Waals surface area contributed by atoms with Gasteiger partial charge in [-0.05, 0) is 64.2 Å². The summed E-state index contributed by atoms with van der Waals surface area (Å²) in [4.78, 5) is 2.62. The van der Waals surface area contributed by atoms with E-state index in [9.17, 15) is 0 Å². The Morgan fingerprint density at radius 2 is 1.02 bits per heavy atom. The Labute approximate surface area is 339 Å². The first-order valence-electron chi connectivity index (χ1n) is 20.0. The van der Waals surface area contributed by atoms with Gasteiger partial charge in [-0.2, -0.15) is 0 Å². The Bertz CT molecular complexity index is 3130. The topological polar surface area (TPSA) is 29.5 Å². The zero-order valence-electron chi connectivity index (χ0n) is 33.6. The number of hydrogen-bond donors (Lipinski definition) is 0. The van der Waals surface area contributed by atoms with Crippen LogP contribution in [-0.2, 0) is 0 Å². The Morgan fingerprint density at radius 1 is 0.439 bits per heavy atom. The van der Waals surface area contributed by atoms with Crippen molar-refractivity contribution < 1.29 is 8.83 Å². The van der Waals surface area contributed by atoms with E-state index in [2.05, 4.69) is 187 Å². The van der Waals surface area contributed by atoms with Crippen molar-refractivity contribution in [3.8, 4) is 22.3 Å². The summed E-state index contributed by atoms with van der Waals surface area (Å²) < 4.78 is 12.7. The molecule has 1 aliphatic carbocycles. The highest BCUT2D eigenvalue weighted by molar-refractivity contribution is 6.63. The molecular formula is C47H38B7NO2. The second-order valence-corrected chi connectivity index (χ2v) is 15.9. The van der Waals surface area contributed by atoms with Gasteiger partial charge in [0.05, 0.1) is 6.04 Å². The van der Waals surface area contributed by atoms with Gasteiger partial charge in [0.2, 0.25) is 0 Å². The van der Waals surface area contributed by atoms with Gasteiger partial charge >= 0.3 is 0 Å². The van der Waals surface area contributed by atoms with Crippen LogP contribution in [0.4, 0.5) is 11.4 Å². The Kier molecular flexibility index (Phi) is 8.37. The van der Waals surface area contributed by atoms with Crippen molar-refractivity contribution >= 4 is 138 Å². The molecule has 0 saturated carbocycles. The van der Waals surface area contributed by atoms with Crippen LogP contribution in [0.15, 0.2) is 165 Å². The Balaban J connectivity index is 1.16. The molecule has 0 aliphatic heterocycles. The summed E-state index contributed by atoms with van der Waals surface area (Å²) in [7, 11) is 16.2. The van der Waals surface area contributed by atoms with Crippen molar-refractivity contribution in [2.45, 2.75) is 6.04 Å². The van der Waals surface area contributed by atoms with Gasteiger partial charge in [0.15, 0.2) is 0 Å². The molecular weight excluding hydrogens is 686 g/mol. The molecule has 2 heterocycles. The summed E-state index contributed by atoms with van der Waals surface area (Å²) in [6.07, 6.45) is 0. The first-order chi connectivity index (χ1) is 27.7. The Morgan fingerprint density at radius 3 is 1.72 bits per heavy atom. The van der Waals surface area contributed by atoms with Crippen molar-refractivity contribution in [1.82, 2.24) is 0 Å². The van der Waals surface area contributed by atoms with E-state index in [4.69, 9.17) is 8.83 Å². The number of allylic oxidation sites excluding steroid dienone is 2. The molecule has 3 nitrogen and oxygen atoms in total. The van der Waals surface area contributed by atoms with Gasteiger partial charge in [0.25, 0.3) is 0 Å². The third-order valence-corrected chi connectivity index (χ3v) is 12.9. The van der Waals surface area contributed by atoms with E-state index in [1.54, 1.807) is 0 Å². The molecule has 1 unspecified atom stereocenters. The summed E-state index contributed by atoms with van der Waals surface area (Å²) in [6.45, 7) is 0. The van der Waals surface area contributed by atoms with Crippen LogP contribution in [0.25, 0.3) is 71.7 Å². The lowest BCUT2D eigenvalue weighted by molar-refractivity contribution is 0.669. The molecule has 0 bridgehead atoms. The highest BCUT2D eigenvalue weighted by Crippen LogP contribution is 2.43. The Hall–Kier alpha value is -6.13. The van der Waals surface area contributed by atoms with Gasteiger partial charge in [0.1, 0.15) is 77.3 Å². The van der Waals surface area contributed by atoms with E-state index in [0.29, 0.717) is 0 Å². The largest absolute Gasteiger partial charge is 0.456 e. The first-order valence-corrected chi connectivity index (χ1v) is 20.0. The average Bonchev–Trinajstić information content (AvgIpc) is 3.88. The standard InChI is InChI=1S/C47H38B7NO2/c48-38-36(25-9-2-1-3-10-25)41(51)45(42(38)52)55(27-20-17-24(18-21-27)28-13-8-14-31-29-11-4-7-16-34(29)57-47(28)31)46-43(53)39(49)37(40(50)44(46)54)26-19-22-35-32(23-26)30-12-5-6-15-33(30)56-35/h1-23,45H,48-54H2. The number of para-hydroxylation sites is 3. The molecule has 9 aromatic rings. The van der Waals surface area contributed by atoms with Crippen LogP contribution >= 0.6 is 0 Å². The smallest absolute Gasteiger partial charge is 0.143 e. The summed E-state index contributed by atoms with van der Waals surface area (Å²) in [6, 6.07) is 49.9. The van der Waals surface area contributed by atoms with E-state index in [1.165, 1.54) is 66.2 Å². The minimum Gasteiger partial charge on any atom is -0.456 e. The van der Waals surface area contributed by atoms with Crippen LogP contribution in [0.5, 0.6) is 0 Å². The minimum absolute atomic E-state index is 0.0422. The summed E-state index contributed by atoms with van der Waals surface area (Å²) in [5.74, 6) is 0. The van der Waals surface area contributed by atoms with Crippen molar-refractivity contribution in [3.63, 3.8) is 0 Å². The van der Waals surface area contributed by atoms with Gasteiger partial charge in [-0.25, -0.2) is 0 Å². The van der Waals surface area contributed by atoms with Gasteiger partial charge in [-0.15, -0.1) is 0 Å². The first kappa shape index (κ1) is 35.3. The molecule has 10 rings (SSSR count). The number of benzene rings is 7. The lowest BCUT2D eigenvalue weighted by Gasteiger charge is -2.39. The summed E-state index contributed by atoms with van der Waals surface area (Å²) in [5, 5.41) is 4.59. The molecule has 57 heavy (non-hydrogen) atoms. The van der Waals surface area contributed by atoms with Crippen LogP contribution < -0.4 is 26.8 Å². The van der Waals surface area contributed by atoms with Gasteiger partial charge in [0, 0.05) is 38.5 Å². The third kappa shape index (κ3) is 5.45. The SMILES string of the molecule is BC1=C(B)C(N(c2ccc(-c3cccc4c3oc3ccccc34)cc2)c2c(B)c(B)c(-c3ccc4oc5ccccc5c4c3)c(B)c2B)C(B)=C1c1ccccc1. The van der Waals surface area contributed by atoms with Crippen LogP contribution in [0, 0.1) is 0 Å². The summed E-state index contributed by atoms with van der Waals surface area (Å²) in [5.41, 5.74) is 22.7. The molecule has 7 aromatic carbocycles. The second kappa shape index (κ2) is 13.5. The van der Waals surface area contributed by atoms with E-state index in [-0.39, 0.29) is 6.04 Å². The fraction of sp³-hybridized carbons (Fsp3) is 0.0213. The molecule has 264 valence electrons. The average molecular weight is 725 g/mol. The van der Waals surface area contributed by atoms with E-state index in [1.807, 2.05) is 12.1 Å². The number of nitrogens with zero attached hydrogens (tertiary/aromatic N) is 1. The van der Waals surface area contributed by atoms with E-state index < -0.39 is 0 Å². The molecule has 0 N–H and O–H groups in total. The highest BCUT2D eigenvalue weighted by Gasteiger charge is 2.34. The number of rotatable bonds is 6. The normalized spacial score (nSPS) is 14.5. The van der Waals surface area contributed by atoms with Crippen LogP contribution in [-0.4, -0.2) is 61.0 Å². The van der Waals surface area contributed by atoms with Crippen LogP contribution in [0.1, 0.15) is 5.56 Å². The van der Waals surface area contributed by atoms with Crippen molar-refractivity contribution in [3.05, 3.63) is 162 Å². The maximum absolute atomic E-state index is 6.48. The molecule has 1 atom stereocenters. The lowest BCUT2D eigenvalue weighted by Crippen LogP contribution is -2.49. The summed E-state index contributed by atoms with van der Waals surface area (Å²) >= 11 is 0. The number of anilines is 2. The molecule has 0 saturated heterocycles. The molecule has 0 amide bonds. The zero-order valence-corrected chi connectivity index (χ0v) is 33.6. The fourth-order valence-electron chi connectivity index (χ4n) is 9.75. The molecule has 0 radical (unpaired) electrons.